The Labute approximate surface area is 118 Å². The molecule has 0 fully saturated rings. The molecular weight excluding hydrogens is 310 g/mol. The van der Waals surface area contributed by atoms with E-state index in [1.807, 2.05) is 12.1 Å². The molecule has 19 heavy (non-hydrogen) atoms. The molecule has 1 aromatic heterocycles. The normalized spacial score (nSPS) is 10.7. The molecule has 0 radical (unpaired) electrons. The number of hydrogen-bond donors (Lipinski definition) is 2. The van der Waals surface area contributed by atoms with E-state index >= 15 is 0 Å². The van der Waals surface area contributed by atoms with Gasteiger partial charge in [-0.25, -0.2) is 4.68 Å². The molecule has 0 aliphatic carbocycles. The molecule has 5 nitrogen and oxygen atoms in total. The van der Waals surface area contributed by atoms with E-state index < -0.39 is 0 Å². The summed E-state index contributed by atoms with van der Waals surface area (Å²) in [6, 6.07) is 5.43. The Morgan fingerprint density at radius 1 is 1.26 bits per heavy atom. The first kappa shape index (κ1) is 13.6. The van der Waals surface area contributed by atoms with Crippen LogP contribution < -0.4 is 16.9 Å². The maximum Gasteiger partial charge on any atom is 0.268 e. The van der Waals surface area contributed by atoms with Crippen molar-refractivity contribution >= 4 is 21.6 Å². The zero-order valence-corrected chi connectivity index (χ0v) is 12.2. The van der Waals surface area contributed by atoms with Crippen LogP contribution in [-0.4, -0.2) is 9.78 Å². The first-order valence-corrected chi connectivity index (χ1v) is 6.53. The van der Waals surface area contributed by atoms with E-state index in [9.17, 15) is 9.59 Å². The summed E-state index contributed by atoms with van der Waals surface area (Å²) in [5, 5.41) is 2.56. The van der Waals surface area contributed by atoms with Gasteiger partial charge in [0.2, 0.25) is 0 Å². The standard InChI is InChI=1S/C13H14BrN3O2/c1-7-8(2)13(19)17(16-12(7)18)6-9-3-4-10(14)11(15)5-9/h3-5H,6,15H2,1-2H3,(H,16,18). The van der Waals surface area contributed by atoms with E-state index in [2.05, 4.69) is 21.0 Å². The third-order valence-electron chi connectivity index (χ3n) is 3.11. The van der Waals surface area contributed by atoms with E-state index in [1.54, 1.807) is 19.9 Å². The van der Waals surface area contributed by atoms with Gasteiger partial charge in [-0.15, -0.1) is 0 Å². The number of nitrogens with zero attached hydrogens (tertiary/aromatic N) is 1. The Morgan fingerprint density at radius 3 is 2.58 bits per heavy atom. The molecule has 0 saturated heterocycles. The maximum absolute atomic E-state index is 12.1. The van der Waals surface area contributed by atoms with Crippen LogP contribution in [0.1, 0.15) is 16.7 Å². The van der Waals surface area contributed by atoms with Crippen LogP contribution in [-0.2, 0) is 6.54 Å². The number of aromatic nitrogens is 2. The van der Waals surface area contributed by atoms with Crippen molar-refractivity contribution in [3.05, 3.63) is 60.1 Å². The van der Waals surface area contributed by atoms with E-state index in [1.165, 1.54) is 4.68 Å². The Balaban J connectivity index is 2.47. The minimum atomic E-state index is -0.248. The number of benzene rings is 1. The number of hydrogen-bond acceptors (Lipinski definition) is 3. The minimum Gasteiger partial charge on any atom is -0.398 e. The molecule has 0 saturated carbocycles. The molecule has 0 aliphatic rings. The van der Waals surface area contributed by atoms with Crippen molar-refractivity contribution in [2.45, 2.75) is 20.4 Å². The lowest BCUT2D eigenvalue weighted by molar-refractivity contribution is 0.618. The Hall–Kier alpha value is -1.82. The van der Waals surface area contributed by atoms with Gasteiger partial charge in [0, 0.05) is 21.3 Å². The predicted octanol–water partition coefficient (Wildman–Crippen LogP) is 1.55. The molecule has 2 aromatic rings. The Kier molecular flexibility index (Phi) is 3.61. The van der Waals surface area contributed by atoms with Crippen molar-refractivity contribution < 1.29 is 0 Å². The van der Waals surface area contributed by atoms with Crippen LogP contribution in [0.15, 0.2) is 32.3 Å². The lowest BCUT2D eigenvalue weighted by Crippen LogP contribution is -2.33. The second kappa shape index (κ2) is 5.05. The van der Waals surface area contributed by atoms with Gasteiger partial charge in [-0.3, -0.25) is 14.7 Å². The monoisotopic (exact) mass is 323 g/mol. The van der Waals surface area contributed by atoms with Crippen molar-refractivity contribution in [1.82, 2.24) is 9.78 Å². The van der Waals surface area contributed by atoms with Crippen molar-refractivity contribution in [3.63, 3.8) is 0 Å². The molecule has 0 atom stereocenters. The van der Waals surface area contributed by atoms with Crippen molar-refractivity contribution in [2.24, 2.45) is 0 Å². The highest BCUT2D eigenvalue weighted by molar-refractivity contribution is 9.10. The summed E-state index contributed by atoms with van der Waals surface area (Å²) in [5.74, 6) is 0. The number of nitrogens with two attached hydrogens (primary N) is 1. The molecule has 2 rings (SSSR count). The first-order chi connectivity index (χ1) is 8.90. The van der Waals surface area contributed by atoms with Gasteiger partial charge < -0.3 is 5.73 Å². The summed E-state index contributed by atoms with van der Waals surface area (Å²) in [6.07, 6.45) is 0. The van der Waals surface area contributed by atoms with Crippen LogP contribution in [0.4, 0.5) is 5.69 Å². The van der Waals surface area contributed by atoms with Crippen LogP contribution in [0.25, 0.3) is 0 Å². The van der Waals surface area contributed by atoms with E-state index in [0.29, 0.717) is 16.8 Å². The number of H-pyrrole nitrogens is 1. The van der Waals surface area contributed by atoms with Crippen LogP contribution in [0, 0.1) is 13.8 Å². The number of anilines is 1. The maximum atomic E-state index is 12.1. The summed E-state index contributed by atoms with van der Waals surface area (Å²) >= 11 is 3.31. The summed E-state index contributed by atoms with van der Waals surface area (Å²) in [7, 11) is 0. The summed E-state index contributed by atoms with van der Waals surface area (Å²) in [4.78, 5) is 23.7. The second-order valence-electron chi connectivity index (χ2n) is 4.44. The third kappa shape index (κ3) is 2.63. The van der Waals surface area contributed by atoms with E-state index in [4.69, 9.17) is 5.73 Å². The van der Waals surface area contributed by atoms with E-state index in [-0.39, 0.29) is 17.7 Å². The molecular formula is C13H14BrN3O2. The summed E-state index contributed by atoms with van der Waals surface area (Å²) in [5.41, 5.74) is 7.71. The van der Waals surface area contributed by atoms with Gasteiger partial charge >= 0.3 is 0 Å². The van der Waals surface area contributed by atoms with Gasteiger partial charge in [0.05, 0.1) is 6.54 Å². The zero-order valence-electron chi connectivity index (χ0n) is 10.7. The molecule has 6 heteroatoms. The fraction of sp³-hybridized carbons (Fsp3) is 0.231. The van der Waals surface area contributed by atoms with Crippen molar-refractivity contribution in [3.8, 4) is 0 Å². The topological polar surface area (TPSA) is 80.9 Å². The highest BCUT2D eigenvalue weighted by Crippen LogP contribution is 2.20. The number of halogens is 1. The lowest BCUT2D eigenvalue weighted by atomic mass is 10.2. The molecule has 0 spiro atoms. The average molecular weight is 324 g/mol. The Bertz CT molecular complexity index is 747. The van der Waals surface area contributed by atoms with Crippen LogP contribution >= 0.6 is 15.9 Å². The fourth-order valence-corrected chi connectivity index (χ4v) is 2.02. The number of nitrogens with one attached hydrogen (secondary N) is 1. The van der Waals surface area contributed by atoms with Gasteiger partial charge in [-0.05, 0) is 47.5 Å². The van der Waals surface area contributed by atoms with Crippen LogP contribution in [0.5, 0.6) is 0 Å². The Morgan fingerprint density at radius 2 is 1.95 bits per heavy atom. The molecule has 0 amide bonds. The zero-order chi connectivity index (χ0) is 14.2. The molecule has 0 bridgehead atoms. The number of nitrogen functional groups attached to an aromatic ring is 1. The smallest absolute Gasteiger partial charge is 0.268 e. The molecule has 100 valence electrons. The minimum absolute atomic E-state index is 0.196. The van der Waals surface area contributed by atoms with Gasteiger partial charge in [-0.1, -0.05) is 6.07 Å². The highest BCUT2D eigenvalue weighted by Gasteiger charge is 2.08. The lowest BCUT2D eigenvalue weighted by Gasteiger charge is -2.09. The van der Waals surface area contributed by atoms with Gasteiger partial charge in [0.15, 0.2) is 0 Å². The fourth-order valence-electron chi connectivity index (χ4n) is 1.78. The SMILES string of the molecule is Cc1c(C)c(=O)n(Cc2ccc(Br)c(N)c2)[nH]c1=O. The molecule has 3 N–H and O–H groups in total. The van der Waals surface area contributed by atoms with Gasteiger partial charge in [0.25, 0.3) is 11.1 Å². The quantitative estimate of drug-likeness (QED) is 0.823. The third-order valence-corrected chi connectivity index (χ3v) is 3.83. The van der Waals surface area contributed by atoms with Crippen molar-refractivity contribution in [1.29, 1.82) is 0 Å². The predicted molar refractivity (Wildman–Crippen MR) is 78.5 cm³/mol. The molecule has 1 aromatic carbocycles. The average Bonchev–Trinajstić information content (AvgIpc) is 2.38. The second-order valence-corrected chi connectivity index (χ2v) is 5.29. The van der Waals surface area contributed by atoms with Gasteiger partial charge in [-0.2, -0.15) is 0 Å². The number of aromatic amines is 1. The molecule has 0 unspecified atom stereocenters. The first-order valence-electron chi connectivity index (χ1n) is 5.74. The summed E-state index contributed by atoms with van der Waals surface area (Å²) in [6.45, 7) is 3.57. The summed E-state index contributed by atoms with van der Waals surface area (Å²) < 4.78 is 2.10. The number of rotatable bonds is 2. The van der Waals surface area contributed by atoms with Crippen molar-refractivity contribution in [2.75, 3.05) is 5.73 Å². The largest absolute Gasteiger partial charge is 0.398 e. The van der Waals surface area contributed by atoms with Crippen LogP contribution in [0.2, 0.25) is 0 Å². The highest BCUT2D eigenvalue weighted by atomic mass is 79.9. The van der Waals surface area contributed by atoms with Crippen LogP contribution in [0.3, 0.4) is 0 Å². The van der Waals surface area contributed by atoms with Gasteiger partial charge in [0.1, 0.15) is 0 Å². The molecule has 0 aliphatic heterocycles. The van der Waals surface area contributed by atoms with E-state index in [0.717, 1.165) is 10.0 Å². The molecule has 1 heterocycles.